The van der Waals surface area contributed by atoms with Gasteiger partial charge in [-0.2, -0.15) is 0 Å². The number of methoxy groups -OCH3 is 2. The van der Waals surface area contributed by atoms with Crippen LogP contribution in [0.5, 0.6) is 11.5 Å². The molecule has 0 aliphatic carbocycles. The number of thiocarbonyl (C=S) groups is 1. The number of benzene rings is 3. The molecule has 0 radical (unpaired) electrons. The molecule has 0 fully saturated rings. The van der Waals surface area contributed by atoms with E-state index in [2.05, 4.69) is 15.6 Å². The second kappa shape index (κ2) is 9.48. The van der Waals surface area contributed by atoms with Crippen molar-refractivity contribution < 1.29 is 18.7 Å². The van der Waals surface area contributed by atoms with Gasteiger partial charge in [0.1, 0.15) is 22.6 Å². The highest BCUT2D eigenvalue weighted by Crippen LogP contribution is 2.31. The second-order valence-electron chi connectivity index (χ2n) is 7.13. The summed E-state index contributed by atoms with van der Waals surface area (Å²) in [4.78, 5) is 17.4. The van der Waals surface area contributed by atoms with Crippen LogP contribution in [0.25, 0.3) is 22.6 Å². The first kappa shape index (κ1) is 22.6. The van der Waals surface area contributed by atoms with Crippen molar-refractivity contribution in [2.45, 2.75) is 6.92 Å². The van der Waals surface area contributed by atoms with Crippen LogP contribution in [0.2, 0.25) is 5.02 Å². The first-order valence-corrected chi connectivity index (χ1v) is 10.7. The average molecular weight is 482 g/mol. The molecule has 3 aromatic carbocycles. The summed E-state index contributed by atoms with van der Waals surface area (Å²) in [6.07, 6.45) is 0. The van der Waals surface area contributed by atoms with Gasteiger partial charge < -0.3 is 19.2 Å². The number of ether oxygens (including phenoxy) is 2. The molecular weight excluding hydrogens is 462 g/mol. The molecule has 0 aliphatic rings. The fourth-order valence-corrected chi connectivity index (χ4v) is 3.67. The molecule has 1 amide bonds. The number of amides is 1. The number of carbonyl (C=O) groups excluding carboxylic acids is 1. The van der Waals surface area contributed by atoms with Crippen LogP contribution in [0.1, 0.15) is 15.9 Å². The summed E-state index contributed by atoms with van der Waals surface area (Å²) >= 11 is 11.7. The highest BCUT2D eigenvalue weighted by Gasteiger charge is 2.20. The Morgan fingerprint density at radius 2 is 1.79 bits per heavy atom. The lowest BCUT2D eigenvalue weighted by atomic mass is 10.1. The standard InChI is InChI=1S/C24H20ClN3O4S/c1-13-7-10-16-20(11-13)32-23(26-16)14-8-9-15(25)17(12-14)27-24(33)28-22(29)21-18(30-2)5-4-6-19(21)31-3/h4-12H,1-3H3,(H2,27,28,29,33). The van der Waals surface area contributed by atoms with E-state index in [4.69, 9.17) is 37.7 Å². The summed E-state index contributed by atoms with van der Waals surface area (Å²) in [7, 11) is 2.95. The van der Waals surface area contributed by atoms with Crippen molar-refractivity contribution in [1.29, 1.82) is 0 Å². The summed E-state index contributed by atoms with van der Waals surface area (Å²) < 4.78 is 16.5. The summed E-state index contributed by atoms with van der Waals surface area (Å²) in [5, 5.41) is 6.06. The minimum absolute atomic E-state index is 0.0557. The summed E-state index contributed by atoms with van der Waals surface area (Å²) in [5.41, 5.74) is 3.96. The second-order valence-corrected chi connectivity index (χ2v) is 7.95. The molecule has 4 rings (SSSR count). The summed E-state index contributed by atoms with van der Waals surface area (Å²) in [6.45, 7) is 1.99. The van der Waals surface area contributed by atoms with Gasteiger partial charge in [-0.1, -0.05) is 23.7 Å². The summed E-state index contributed by atoms with van der Waals surface area (Å²) in [5.74, 6) is 0.689. The first-order chi connectivity index (χ1) is 15.9. The highest BCUT2D eigenvalue weighted by atomic mass is 35.5. The molecule has 1 aromatic heterocycles. The van der Waals surface area contributed by atoms with E-state index in [1.54, 1.807) is 36.4 Å². The maximum Gasteiger partial charge on any atom is 0.264 e. The number of nitrogens with one attached hydrogen (secondary N) is 2. The van der Waals surface area contributed by atoms with Crippen molar-refractivity contribution in [3.63, 3.8) is 0 Å². The number of aryl methyl sites for hydroxylation is 1. The van der Waals surface area contributed by atoms with Crippen LogP contribution in [0, 0.1) is 6.92 Å². The quantitative estimate of drug-likeness (QED) is 0.359. The van der Waals surface area contributed by atoms with Crippen LogP contribution >= 0.6 is 23.8 Å². The first-order valence-electron chi connectivity index (χ1n) is 9.90. The van der Waals surface area contributed by atoms with Gasteiger partial charge in [0, 0.05) is 5.56 Å². The fraction of sp³-hybridized carbons (Fsp3) is 0.125. The zero-order valence-electron chi connectivity index (χ0n) is 18.1. The van der Waals surface area contributed by atoms with Crippen molar-refractivity contribution in [2.24, 2.45) is 0 Å². The molecule has 0 unspecified atom stereocenters. The van der Waals surface area contributed by atoms with Gasteiger partial charge in [-0.15, -0.1) is 0 Å². The van der Waals surface area contributed by atoms with E-state index in [1.165, 1.54) is 14.2 Å². The van der Waals surface area contributed by atoms with Crippen molar-refractivity contribution in [2.75, 3.05) is 19.5 Å². The molecular formula is C24H20ClN3O4S. The third kappa shape index (κ3) is 4.76. The molecule has 1 heterocycles. The van der Waals surface area contributed by atoms with E-state index in [0.29, 0.717) is 39.2 Å². The molecule has 0 saturated heterocycles. The molecule has 0 bridgehead atoms. The Balaban J connectivity index is 1.56. The Morgan fingerprint density at radius 3 is 2.48 bits per heavy atom. The van der Waals surface area contributed by atoms with Crippen LogP contribution in [0.4, 0.5) is 5.69 Å². The lowest BCUT2D eigenvalue weighted by molar-refractivity contribution is 0.0971. The number of hydrogen-bond donors (Lipinski definition) is 2. The third-order valence-electron chi connectivity index (χ3n) is 4.89. The van der Waals surface area contributed by atoms with Gasteiger partial charge in [0.15, 0.2) is 10.7 Å². The Bertz CT molecular complexity index is 1350. The fourth-order valence-electron chi connectivity index (χ4n) is 3.30. The summed E-state index contributed by atoms with van der Waals surface area (Å²) in [6, 6.07) is 16.1. The van der Waals surface area contributed by atoms with Crippen molar-refractivity contribution in [1.82, 2.24) is 10.3 Å². The van der Waals surface area contributed by atoms with Gasteiger partial charge in [-0.3, -0.25) is 10.1 Å². The zero-order chi connectivity index (χ0) is 23.5. The minimum Gasteiger partial charge on any atom is -0.496 e. The van der Waals surface area contributed by atoms with Gasteiger partial charge >= 0.3 is 0 Å². The molecule has 7 nitrogen and oxygen atoms in total. The number of aromatic nitrogens is 1. The van der Waals surface area contributed by atoms with Gasteiger partial charge in [0.2, 0.25) is 5.89 Å². The van der Waals surface area contributed by atoms with Crippen molar-refractivity contribution in [3.05, 3.63) is 70.7 Å². The number of nitrogens with zero attached hydrogens (tertiary/aromatic N) is 1. The zero-order valence-corrected chi connectivity index (χ0v) is 19.6. The van der Waals surface area contributed by atoms with Gasteiger partial charge in [0.05, 0.1) is 24.9 Å². The molecule has 168 valence electrons. The third-order valence-corrected chi connectivity index (χ3v) is 5.42. The monoisotopic (exact) mass is 481 g/mol. The number of halogens is 1. The van der Waals surface area contributed by atoms with E-state index < -0.39 is 5.91 Å². The smallest absolute Gasteiger partial charge is 0.264 e. The predicted molar refractivity (Wildman–Crippen MR) is 132 cm³/mol. The molecule has 2 N–H and O–H groups in total. The number of hydrogen-bond acceptors (Lipinski definition) is 6. The number of fused-ring (bicyclic) bond motifs is 1. The topological polar surface area (TPSA) is 85.6 Å². The van der Waals surface area contributed by atoms with Gasteiger partial charge in [-0.05, 0) is 67.2 Å². The Labute approximate surface area is 200 Å². The Morgan fingerprint density at radius 1 is 1.06 bits per heavy atom. The van der Waals surface area contributed by atoms with Gasteiger partial charge in [-0.25, -0.2) is 4.98 Å². The number of oxazole rings is 1. The van der Waals surface area contributed by atoms with E-state index in [1.807, 2.05) is 25.1 Å². The maximum absolute atomic E-state index is 12.8. The highest BCUT2D eigenvalue weighted by molar-refractivity contribution is 7.80. The Hall–Kier alpha value is -3.62. The van der Waals surface area contributed by atoms with Crippen molar-refractivity contribution >= 4 is 51.6 Å². The number of anilines is 1. The molecule has 0 saturated carbocycles. The number of carbonyl (C=O) groups is 1. The van der Waals surface area contributed by atoms with E-state index in [0.717, 1.165) is 11.1 Å². The maximum atomic E-state index is 12.8. The van der Waals surface area contributed by atoms with Crippen LogP contribution in [0.3, 0.4) is 0 Å². The minimum atomic E-state index is -0.483. The van der Waals surface area contributed by atoms with Crippen LogP contribution in [-0.2, 0) is 0 Å². The lowest BCUT2D eigenvalue weighted by Crippen LogP contribution is -2.34. The van der Waals surface area contributed by atoms with E-state index >= 15 is 0 Å². The van der Waals surface area contributed by atoms with Crippen molar-refractivity contribution in [3.8, 4) is 23.0 Å². The SMILES string of the molecule is COc1cccc(OC)c1C(=O)NC(=S)Nc1cc(-c2nc3ccc(C)cc3o2)ccc1Cl. The average Bonchev–Trinajstić information content (AvgIpc) is 3.22. The van der Waals surface area contributed by atoms with E-state index in [-0.39, 0.29) is 10.7 Å². The molecule has 0 aliphatic heterocycles. The molecule has 33 heavy (non-hydrogen) atoms. The molecule has 9 heteroatoms. The van der Waals surface area contributed by atoms with E-state index in [9.17, 15) is 4.79 Å². The lowest BCUT2D eigenvalue weighted by Gasteiger charge is -2.15. The normalized spacial score (nSPS) is 10.7. The largest absolute Gasteiger partial charge is 0.496 e. The number of rotatable bonds is 5. The van der Waals surface area contributed by atoms with Gasteiger partial charge in [0.25, 0.3) is 5.91 Å². The van der Waals surface area contributed by atoms with Crippen LogP contribution in [-0.4, -0.2) is 30.2 Å². The molecule has 4 aromatic rings. The predicted octanol–water partition coefficient (Wildman–Crippen LogP) is 5.60. The Kier molecular flexibility index (Phi) is 6.48. The molecule has 0 atom stereocenters. The van der Waals surface area contributed by atoms with Crippen LogP contribution < -0.4 is 20.1 Å². The molecule has 0 spiro atoms. The van der Waals surface area contributed by atoms with Crippen LogP contribution in [0.15, 0.2) is 59.0 Å².